The molecule has 1 saturated carbocycles. The number of anilines is 2. The summed E-state index contributed by atoms with van der Waals surface area (Å²) in [7, 11) is 0. The Morgan fingerprint density at radius 3 is 2.96 bits per heavy atom. The van der Waals surface area contributed by atoms with Gasteiger partial charge in [0.2, 0.25) is 5.88 Å². The molecule has 1 fully saturated rings. The zero-order valence-corrected chi connectivity index (χ0v) is 13.4. The average Bonchev–Trinajstić information content (AvgIpc) is 3.39. The van der Waals surface area contributed by atoms with Crippen LogP contribution in [0.3, 0.4) is 0 Å². The molecule has 25 heavy (non-hydrogen) atoms. The van der Waals surface area contributed by atoms with Gasteiger partial charge in [-0.25, -0.2) is 15.0 Å². The van der Waals surface area contributed by atoms with E-state index in [0.717, 1.165) is 11.0 Å². The monoisotopic (exact) mass is 336 g/mol. The Bertz CT molecular complexity index is 994. The third-order valence-corrected chi connectivity index (χ3v) is 4.65. The van der Waals surface area contributed by atoms with Crippen molar-refractivity contribution in [3.05, 3.63) is 36.4 Å². The number of ether oxygens (including phenoxy) is 1. The molecule has 0 unspecified atom stereocenters. The zero-order chi connectivity index (χ0) is 17.0. The predicted molar refractivity (Wildman–Crippen MR) is 91.6 cm³/mol. The quantitative estimate of drug-likeness (QED) is 0.766. The highest BCUT2D eigenvalue weighted by Crippen LogP contribution is 2.38. The van der Waals surface area contributed by atoms with Crippen LogP contribution in [0.1, 0.15) is 29.2 Å². The number of fused-ring (bicyclic) bond motifs is 2. The molecule has 0 radical (unpaired) electrons. The maximum atomic E-state index is 13.0. The SMILES string of the molecule is Nc1ncnc2c1C(=O)N(c1cnc3c(ccn3C3CC3)c1)CCO2. The van der Waals surface area contributed by atoms with E-state index in [1.54, 1.807) is 11.1 Å². The third kappa shape index (κ3) is 2.21. The van der Waals surface area contributed by atoms with E-state index < -0.39 is 0 Å². The van der Waals surface area contributed by atoms with Crippen molar-refractivity contribution in [3.63, 3.8) is 0 Å². The van der Waals surface area contributed by atoms with Gasteiger partial charge in [0.1, 0.15) is 30.0 Å². The summed E-state index contributed by atoms with van der Waals surface area (Å²) in [5, 5.41) is 1.01. The van der Waals surface area contributed by atoms with E-state index in [0.29, 0.717) is 24.9 Å². The number of hydrogen-bond acceptors (Lipinski definition) is 6. The van der Waals surface area contributed by atoms with Gasteiger partial charge in [-0.15, -0.1) is 0 Å². The molecule has 0 saturated heterocycles. The van der Waals surface area contributed by atoms with Gasteiger partial charge < -0.3 is 19.9 Å². The summed E-state index contributed by atoms with van der Waals surface area (Å²) in [6.45, 7) is 0.724. The lowest BCUT2D eigenvalue weighted by molar-refractivity contribution is 0.0990. The van der Waals surface area contributed by atoms with E-state index in [1.165, 1.54) is 19.2 Å². The van der Waals surface area contributed by atoms with Gasteiger partial charge in [0.15, 0.2) is 0 Å². The van der Waals surface area contributed by atoms with Crippen LogP contribution in [0, 0.1) is 0 Å². The fourth-order valence-electron chi connectivity index (χ4n) is 3.24. The highest BCUT2D eigenvalue weighted by molar-refractivity contribution is 6.11. The first kappa shape index (κ1) is 14.2. The van der Waals surface area contributed by atoms with Crippen molar-refractivity contribution >= 4 is 28.4 Å². The molecule has 0 spiro atoms. The van der Waals surface area contributed by atoms with E-state index in [1.807, 2.05) is 12.1 Å². The van der Waals surface area contributed by atoms with Crippen LogP contribution in [0.4, 0.5) is 11.5 Å². The van der Waals surface area contributed by atoms with Crippen LogP contribution in [0.25, 0.3) is 11.0 Å². The number of rotatable bonds is 2. The van der Waals surface area contributed by atoms with Crippen LogP contribution in [0.5, 0.6) is 5.88 Å². The van der Waals surface area contributed by atoms with Crippen LogP contribution in [-0.4, -0.2) is 38.6 Å². The second-order valence-electron chi connectivity index (χ2n) is 6.30. The van der Waals surface area contributed by atoms with Gasteiger partial charge >= 0.3 is 0 Å². The number of carbonyl (C=O) groups excluding carboxylic acids is 1. The van der Waals surface area contributed by atoms with Crippen molar-refractivity contribution in [1.82, 2.24) is 19.5 Å². The zero-order valence-electron chi connectivity index (χ0n) is 13.4. The van der Waals surface area contributed by atoms with E-state index in [9.17, 15) is 4.79 Å². The Kier molecular flexibility index (Phi) is 2.94. The van der Waals surface area contributed by atoms with Gasteiger partial charge in [-0.3, -0.25) is 4.79 Å². The van der Waals surface area contributed by atoms with Crippen molar-refractivity contribution < 1.29 is 9.53 Å². The molecule has 5 rings (SSSR count). The molecular formula is C17H16N6O2. The number of nitrogens with two attached hydrogens (primary N) is 1. The summed E-state index contributed by atoms with van der Waals surface area (Å²) in [6, 6.07) is 4.58. The summed E-state index contributed by atoms with van der Waals surface area (Å²) < 4.78 is 7.77. The molecule has 126 valence electrons. The smallest absolute Gasteiger partial charge is 0.267 e. The molecule has 8 nitrogen and oxygen atoms in total. The average molecular weight is 336 g/mol. The molecule has 2 aliphatic rings. The van der Waals surface area contributed by atoms with Gasteiger partial charge in [-0.05, 0) is 25.0 Å². The summed E-state index contributed by atoms with van der Waals surface area (Å²) in [4.78, 5) is 27.1. The normalized spacial score (nSPS) is 17.3. The summed E-state index contributed by atoms with van der Waals surface area (Å²) in [6.07, 6.45) is 7.49. The lowest BCUT2D eigenvalue weighted by Crippen LogP contribution is -2.32. The first-order valence-electron chi connectivity index (χ1n) is 8.24. The van der Waals surface area contributed by atoms with Crippen LogP contribution >= 0.6 is 0 Å². The Morgan fingerprint density at radius 1 is 1.24 bits per heavy atom. The van der Waals surface area contributed by atoms with Crippen molar-refractivity contribution in [3.8, 4) is 5.88 Å². The van der Waals surface area contributed by atoms with E-state index in [2.05, 4.69) is 25.7 Å². The van der Waals surface area contributed by atoms with Crippen molar-refractivity contribution in [2.75, 3.05) is 23.8 Å². The Hall–Kier alpha value is -3.16. The minimum absolute atomic E-state index is 0.121. The summed E-state index contributed by atoms with van der Waals surface area (Å²) in [5.74, 6) is 0.0816. The van der Waals surface area contributed by atoms with Gasteiger partial charge in [0.25, 0.3) is 5.91 Å². The van der Waals surface area contributed by atoms with Gasteiger partial charge in [0.05, 0.1) is 18.4 Å². The molecule has 0 aromatic carbocycles. The number of carbonyl (C=O) groups is 1. The summed E-state index contributed by atoms with van der Waals surface area (Å²) >= 11 is 0. The summed E-state index contributed by atoms with van der Waals surface area (Å²) in [5.41, 5.74) is 7.75. The van der Waals surface area contributed by atoms with Gasteiger partial charge in [-0.2, -0.15) is 0 Å². The Balaban J connectivity index is 1.57. The second kappa shape index (κ2) is 5.17. The minimum Gasteiger partial charge on any atom is -0.475 e. The molecule has 2 N–H and O–H groups in total. The maximum absolute atomic E-state index is 13.0. The molecule has 1 amide bonds. The van der Waals surface area contributed by atoms with Crippen molar-refractivity contribution in [2.24, 2.45) is 0 Å². The topological polar surface area (TPSA) is 99.2 Å². The molecule has 0 atom stereocenters. The molecular weight excluding hydrogens is 320 g/mol. The van der Waals surface area contributed by atoms with Crippen LogP contribution in [0.15, 0.2) is 30.9 Å². The number of nitrogen functional groups attached to an aromatic ring is 1. The minimum atomic E-state index is -0.270. The number of amides is 1. The predicted octanol–water partition coefficient (Wildman–Crippen LogP) is 1.78. The van der Waals surface area contributed by atoms with Crippen molar-refractivity contribution in [1.29, 1.82) is 0 Å². The molecule has 1 aliphatic heterocycles. The third-order valence-electron chi connectivity index (χ3n) is 4.65. The van der Waals surface area contributed by atoms with Gasteiger partial charge in [-0.1, -0.05) is 0 Å². The van der Waals surface area contributed by atoms with Crippen LogP contribution < -0.4 is 15.4 Å². The van der Waals surface area contributed by atoms with Crippen LogP contribution in [0.2, 0.25) is 0 Å². The highest BCUT2D eigenvalue weighted by Gasteiger charge is 2.29. The number of pyridine rings is 1. The highest BCUT2D eigenvalue weighted by atomic mass is 16.5. The first-order valence-corrected chi connectivity index (χ1v) is 8.24. The fourth-order valence-corrected chi connectivity index (χ4v) is 3.24. The number of nitrogens with zero attached hydrogens (tertiary/aromatic N) is 5. The van der Waals surface area contributed by atoms with Crippen molar-refractivity contribution in [2.45, 2.75) is 18.9 Å². The van der Waals surface area contributed by atoms with E-state index >= 15 is 0 Å². The number of aromatic nitrogens is 4. The van der Waals surface area contributed by atoms with Crippen LogP contribution in [-0.2, 0) is 0 Å². The molecule has 3 aromatic rings. The largest absolute Gasteiger partial charge is 0.475 e. The standard InChI is InChI=1S/C17H16N6O2/c18-14-13-16(21-9-20-14)25-6-5-23(17(13)24)12-7-10-3-4-22(11-1-2-11)15(10)19-8-12/h3-4,7-9,11H,1-2,5-6H2,(H2,18,20,21). The molecule has 8 heteroatoms. The number of hydrogen-bond donors (Lipinski definition) is 1. The maximum Gasteiger partial charge on any atom is 0.267 e. The first-order chi connectivity index (χ1) is 12.2. The Morgan fingerprint density at radius 2 is 2.12 bits per heavy atom. The lowest BCUT2D eigenvalue weighted by atomic mass is 10.2. The molecule has 0 bridgehead atoms. The fraction of sp³-hybridized carbons (Fsp3) is 0.294. The second-order valence-corrected chi connectivity index (χ2v) is 6.30. The van der Waals surface area contributed by atoms with Gasteiger partial charge in [0, 0.05) is 17.6 Å². The Labute approximate surface area is 143 Å². The molecule has 3 aromatic heterocycles. The molecule has 4 heterocycles. The molecule has 1 aliphatic carbocycles. The van der Waals surface area contributed by atoms with E-state index in [4.69, 9.17) is 10.5 Å². The van der Waals surface area contributed by atoms with E-state index in [-0.39, 0.29) is 23.2 Å². The lowest BCUT2D eigenvalue weighted by Gasteiger charge is -2.20.